The Morgan fingerprint density at radius 1 is 1.38 bits per heavy atom. The molecular formula is C17H27NO3. The minimum absolute atomic E-state index is 0.122. The van der Waals surface area contributed by atoms with Crippen molar-refractivity contribution < 1.29 is 14.6 Å². The van der Waals surface area contributed by atoms with E-state index in [1.165, 1.54) is 0 Å². The summed E-state index contributed by atoms with van der Waals surface area (Å²) in [5, 5.41) is 9.59. The van der Waals surface area contributed by atoms with Crippen molar-refractivity contribution in [3.63, 3.8) is 0 Å². The standard InChI is InChI=1S/C17H27NO3/c1-12(2)18-7-8-20-16(10-18)11-21-17-6-5-15(14(4)19)9-13(17)3/h5-6,9,12,14,16,19H,7-8,10-11H2,1-4H3. The average Bonchev–Trinajstić information content (AvgIpc) is 2.46. The Morgan fingerprint density at radius 3 is 2.76 bits per heavy atom. The summed E-state index contributed by atoms with van der Waals surface area (Å²) in [7, 11) is 0. The van der Waals surface area contributed by atoms with Gasteiger partial charge in [-0.1, -0.05) is 6.07 Å². The van der Waals surface area contributed by atoms with E-state index in [2.05, 4.69) is 18.7 Å². The molecule has 0 spiro atoms. The molecule has 4 nitrogen and oxygen atoms in total. The molecule has 0 aromatic heterocycles. The van der Waals surface area contributed by atoms with Crippen LogP contribution in [0.5, 0.6) is 5.75 Å². The molecule has 0 aliphatic carbocycles. The van der Waals surface area contributed by atoms with E-state index in [9.17, 15) is 5.11 Å². The predicted molar refractivity (Wildman–Crippen MR) is 83.8 cm³/mol. The fraction of sp³-hybridized carbons (Fsp3) is 0.647. The fourth-order valence-electron chi connectivity index (χ4n) is 2.59. The maximum atomic E-state index is 9.59. The zero-order valence-corrected chi connectivity index (χ0v) is 13.5. The summed E-state index contributed by atoms with van der Waals surface area (Å²) in [4.78, 5) is 2.42. The highest BCUT2D eigenvalue weighted by atomic mass is 16.5. The molecule has 0 radical (unpaired) electrons. The van der Waals surface area contributed by atoms with Gasteiger partial charge in [0.1, 0.15) is 18.5 Å². The van der Waals surface area contributed by atoms with Crippen LogP contribution in [-0.4, -0.2) is 48.5 Å². The van der Waals surface area contributed by atoms with Crippen LogP contribution in [0.2, 0.25) is 0 Å². The van der Waals surface area contributed by atoms with Gasteiger partial charge in [-0.15, -0.1) is 0 Å². The molecule has 1 N–H and O–H groups in total. The number of aliphatic hydroxyl groups is 1. The predicted octanol–water partition coefficient (Wildman–Crippen LogP) is 2.54. The lowest BCUT2D eigenvalue weighted by Crippen LogP contribution is -2.47. The molecule has 0 saturated carbocycles. The van der Waals surface area contributed by atoms with E-state index in [0.29, 0.717) is 12.6 Å². The topological polar surface area (TPSA) is 41.9 Å². The van der Waals surface area contributed by atoms with Gasteiger partial charge in [0.25, 0.3) is 0 Å². The van der Waals surface area contributed by atoms with Gasteiger partial charge in [-0.25, -0.2) is 0 Å². The Bertz CT molecular complexity index is 459. The lowest BCUT2D eigenvalue weighted by molar-refractivity contribution is -0.0565. The molecule has 0 bridgehead atoms. The number of ether oxygens (including phenoxy) is 2. The van der Waals surface area contributed by atoms with Gasteiger partial charge < -0.3 is 14.6 Å². The summed E-state index contributed by atoms with van der Waals surface area (Å²) in [6.45, 7) is 11.4. The third kappa shape index (κ3) is 4.43. The molecule has 118 valence electrons. The Balaban J connectivity index is 1.91. The molecule has 1 aliphatic heterocycles. The second-order valence-corrected chi connectivity index (χ2v) is 6.09. The summed E-state index contributed by atoms with van der Waals surface area (Å²) in [6.07, 6.45) is -0.323. The molecule has 2 atom stereocenters. The van der Waals surface area contributed by atoms with Crippen LogP contribution in [0.25, 0.3) is 0 Å². The van der Waals surface area contributed by atoms with E-state index in [1.807, 2.05) is 25.1 Å². The van der Waals surface area contributed by atoms with Crippen molar-refractivity contribution in [3.05, 3.63) is 29.3 Å². The van der Waals surface area contributed by atoms with E-state index >= 15 is 0 Å². The highest BCUT2D eigenvalue weighted by Gasteiger charge is 2.22. The first-order valence-corrected chi connectivity index (χ1v) is 7.74. The zero-order chi connectivity index (χ0) is 15.4. The molecule has 2 unspecified atom stereocenters. The van der Waals surface area contributed by atoms with Crippen LogP contribution in [0.1, 0.15) is 38.0 Å². The van der Waals surface area contributed by atoms with Gasteiger partial charge in [-0.3, -0.25) is 4.90 Å². The Hall–Kier alpha value is -1.10. The minimum Gasteiger partial charge on any atom is -0.491 e. The number of aryl methyl sites for hydroxylation is 1. The first-order chi connectivity index (χ1) is 9.97. The molecule has 1 fully saturated rings. The molecule has 2 rings (SSSR count). The van der Waals surface area contributed by atoms with E-state index in [4.69, 9.17) is 9.47 Å². The first kappa shape index (κ1) is 16.3. The van der Waals surface area contributed by atoms with Crippen LogP contribution >= 0.6 is 0 Å². The van der Waals surface area contributed by atoms with Gasteiger partial charge >= 0.3 is 0 Å². The summed E-state index contributed by atoms with van der Waals surface area (Å²) in [6, 6.07) is 6.36. The number of nitrogens with zero attached hydrogens (tertiary/aromatic N) is 1. The van der Waals surface area contributed by atoms with Crippen LogP contribution in [0.4, 0.5) is 0 Å². The Labute approximate surface area is 127 Å². The van der Waals surface area contributed by atoms with Crippen LogP contribution in [0.3, 0.4) is 0 Å². The average molecular weight is 293 g/mol. The highest BCUT2D eigenvalue weighted by Crippen LogP contribution is 2.23. The monoisotopic (exact) mass is 293 g/mol. The largest absolute Gasteiger partial charge is 0.491 e. The second kappa shape index (κ2) is 7.25. The van der Waals surface area contributed by atoms with Crippen molar-refractivity contribution in [3.8, 4) is 5.75 Å². The van der Waals surface area contributed by atoms with Crippen molar-refractivity contribution in [1.29, 1.82) is 0 Å². The Morgan fingerprint density at radius 2 is 2.14 bits per heavy atom. The smallest absolute Gasteiger partial charge is 0.122 e. The van der Waals surface area contributed by atoms with Crippen molar-refractivity contribution in [2.24, 2.45) is 0 Å². The molecule has 1 saturated heterocycles. The summed E-state index contributed by atoms with van der Waals surface area (Å²) in [5.74, 6) is 0.865. The molecule has 21 heavy (non-hydrogen) atoms. The van der Waals surface area contributed by atoms with Gasteiger partial charge in [0.15, 0.2) is 0 Å². The summed E-state index contributed by atoms with van der Waals surface area (Å²) < 4.78 is 11.7. The SMILES string of the molecule is Cc1cc(C(C)O)ccc1OCC1CN(C(C)C)CCO1. The molecule has 1 heterocycles. The number of aliphatic hydroxyl groups excluding tert-OH is 1. The lowest BCUT2D eigenvalue weighted by Gasteiger charge is -2.35. The molecule has 1 aliphatic rings. The molecule has 1 aromatic carbocycles. The number of morpholine rings is 1. The zero-order valence-electron chi connectivity index (χ0n) is 13.5. The van der Waals surface area contributed by atoms with Gasteiger partial charge in [-0.05, 0) is 51.0 Å². The maximum absolute atomic E-state index is 9.59. The van der Waals surface area contributed by atoms with Crippen LogP contribution in [0, 0.1) is 6.92 Å². The maximum Gasteiger partial charge on any atom is 0.122 e. The van der Waals surface area contributed by atoms with Crippen molar-refractivity contribution in [2.75, 3.05) is 26.3 Å². The highest BCUT2D eigenvalue weighted by molar-refractivity contribution is 5.36. The van der Waals surface area contributed by atoms with E-state index in [-0.39, 0.29) is 6.10 Å². The van der Waals surface area contributed by atoms with Crippen LogP contribution < -0.4 is 4.74 Å². The second-order valence-electron chi connectivity index (χ2n) is 6.09. The van der Waals surface area contributed by atoms with E-state index in [0.717, 1.165) is 36.6 Å². The first-order valence-electron chi connectivity index (χ1n) is 7.74. The van der Waals surface area contributed by atoms with Crippen molar-refractivity contribution in [1.82, 2.24) is 4.90 Å². The van der Waals surface area contributed by atoms with Crippen LogP contribution in [0.15, 0.2) is 18.2 Å². The molecular weight excluding hydrogens is 266 g/mol. The third-order valence-corrected chi connectivity index (χ3v) is 4.01. The van der Waals surface area contributed by atoms with Gasteiger partial charge in [-0.2, -0.15) is 0 Å². The minimum atomic E-state index is -0.445. The fourth-order valence-corrected chi connectivity index (χ4v) is 2.59. The summed E-state index contributed by atoms with van der Waals surface area (Å²) >= 11 is 0. The number of benzene rings is 1. The number of rotatable bonds is 5. The van der Waals surface area contributed by atoms with Crippen molar-refractivity contribution in [2.45, 2.75) is 45.9 Å². The number of hydrogen-bond donors (Lipinski definition) is 1. The molecule has 1 aromatic rings. The normalized spacial score (nSPS) is 21.5. The Kier molecular flexibility index (Phi) is 5.62. The van der Waals surface area contributed by atoms with E-state index < -0.39 is 6.10 Å². The summed E-state index contributed by atoms with van der Waals surface area (Å²) in [5.41, 5.74) is 1.96. The van der Waals surface area contributed by atoms with Gasteiger partial charge in [0.05, 0.1) is 12.7 Å². The van der Waals surface area contributed by atoms with E-state index in [1.54, 1.807) is 6.92 Å². The molecule has 0 amide bonds. The van der Waals surface area contributed by atoms with Gasteiger partial charge in [0, 0.05) is 19.1 Å². The quantitative estimate of drug-likeness (QED) is 0.906. The molecule has 4 heteroatoms. The van der Waals surface area contributed by atoms with Crippen molar-refractivity contribution >= 4 is 0 Å². The number of hydrogen-bond acceptors (Lipinski definition) is 4. The lowest BCUT2D eigenvalue weighted by atomic mass is 10.1. The van der Waals surface area contributed by atoms with Gasteiger partial charge in [0.2, 0.25) is 0 Å². The third-order valence-electron chi connectivity index (χ3n) is 4.01. The van der Waals surface area contributed by atoms with Crippen LogP contribution in [-0.2, 0) is 4.74 Å².